The normalized spacial score (nSPS) is 18.9. The van der Waals surface area contributed by atoms with Gasteiger partial charge in [-0.3, -0.25) is 4.79 Å². The van der Waals surface area contributed by atoms with Crippen molar-refractivity contribution in [3.8, 4) is 0 Å². The number of hydrogen-bond acceptors (Lipinski definition) is 2. The molecule has 1 aliphatic heterocycles. The number of aryl methyl sites for hydroxylation is 2. The van der Waals surface area contributed by atoms with Crippen LogP contribution in [0.2, 0.25) is 0 Å². The molecule has 0 radical (unpaired) electrons. The molecule has 1 atom stereocenters. The number of hydrogen-bond donors (Lipinski definition) is 2. The second-order valence-electron chi connectivity index (χ2n) is 4.91. The summed E-state index contributed by atoms with van der Waals surface area (Å²) < 4.78 is 0. The summed E-state index contributed by atoms with van der Waals surface area (Å²) in [7, 11) is 0. The number of carbonyl (C=O) groups is 1. The van der Waals surface area contributed by atoms with E-state index < -0.39 is 0 Å². The summed E-state index contributed by atoms with van der Waals surface area (Å²) in [5, 5.41) is 6.28. The van der Waals surface area contributed by atoms with Crippen molar-refractivity contribution in [1.82, 2.24) is 5.32 Å². The van der Waals surface area contributed by atoms with Crippen LogP contribution >= 0.6 is 12.4 Å². The molecule has 0 saturated carbocycles. The van der Waals surface area contributed by atoms with Gasteiger partial charge in [-0.05, 0) is 56.5 Å². The SMILES string of the molecule is Cc1cc(C)cc(NC(=O)C2CCCNC2)c1.Cl. The molecule has 2 N–H and O–H groups in total. The Morgan fingerprint density at radius 2 is 1.94 bits per heavy atom. The van der Waals surface area contributed by atoms with Gasteiger partial charge in [-0.1, -0.05) is 6.07 Å². The molecule has 1 unspecified atom stereocenters. The van der Waals surface area contributed by atoms with E-state index >= 15 is 0 Å². The maximum absolute atomic E-state index is 12.0. The van der Waals surface area contributed by atoms with Gasteiger partial charge in [0.05, 0.1) is 5.92 Å². The molecular weight excluding hydrogens is 248 g/mol. The summed E-state index contributed by atoms with van der Waals surface area (Å²) in [5.41, 5.74) is 3.28. The zero-order chi connectivity index (χ0) is 12.3. The molecule has 100 valence electrons. The Bertz CT molecular complexity index is 394. The highest BCUT2D eigenvalue weighted by Crippen LogP contribution is 2.17. The standard InChI is InChI=1S/C14H20N2O.ClH/c1-10-6-11(2)8-13(7-10)16-14(17)12-4-3-5-15-9-12;/h6-8,12,15H,3-5,9H2,1-2H3,(H,16,17);1H. The minimum atomic E-state index is 0. The fourth-order valence-electron chi connectivity index (χ4n) is 2.37. The molecule has 1 fully saturated rings. The Balaban J connectivity index is 0.00000162. The summed E-state index contributed by atoms with van der Waals surface area (Å²) in [6, 6.07) is 6.14. The Morgan fingerprint density at radius 3 is 2.50 bits per heavy atom. The lowest BCUT2D eigenvalue weighted by molar-refractivity contribution is -0.120. The quantitative estimate of drug-likeness (QED) is 0.866. The number of piperidine rings is 1. The number of anilines is 1. The molecular formula is C14H21ClN2O. The van der Waals surface area contributed by atoms with Crippen LogP contribution in [0.5, 0.6) is 0 Å². The molecule has 0 aliphatic carbocycles. The van der Waals surface area contributed by atoms with Crippen LogP contribution in [0, 0.1) is 19.8 Å². The zero-order valence-corrected chi connectivity index (χ0v) is 11.8. The second kappa shape index (κ2) is 6.76. The van der Waals surface area contributed by atoms with E-state index in [0.29, 0.717) is 0 Å². The van der Waals surface area contributed by atoms with Gasteiger partial charge >= 0.3 is 0 Å². The van der Waals surface area contributed by atoms with Crippen molar-refractivity contribution in [2.45, 2.75) is 26.7 Å². The highest BCUT2D eigenvalue weighted by atomic mass is 35.5. The van der Waals surface area contributed by atoms with Crippen LogP contribution in [-0.4, -0.2) is 19.0 Å². The fraction of sp³-hybridized carbons (Fsp3) is 0.500. The monoisotopic (exact) mass is 268 g/mol. The summed E-state index contributed by atoms with van der Waals surface area (Å²) >= 11 is 0. The Morgan fingerprint density at radius 1 is 1.28 bits per heavy atom. The molecule has 3 nitrogen and oxygen atoms in total. The van der Waals surface area contributed by atoms with Gasteiger partial charge in [-0.15, -0.1) is 12.4 Å². The van der Waals surface area contributed by atoms with Crippen LogP contribution in [-0.2, 0) is 4.79 Å². The minimum absolute atomic E-state index is 0. The maximum atomic E-state index is 12.0. The lowest BCUT2D eigenvalue weighted by Crippen LogP contribution is -2.37. The molecule has 4 heteroatoms. The summed E-state index contributed by atoms with van der Waals surface area (Å²) in [6.07, 6.45) is 2.08. The van der Waals surface area contributed by atoms with Crippen molar-refractivity contribution >= 4 is 24.0 Å². The van der Waals surface area contributed by atoms with Gasteiger partial charge in [0.2, 0.25) is 5.91 Å². The van der Waals surface area contributed by atoms with Gasteiger partial charge in [0.15, 0.2) is 0 Å². The van der Waals surface area contributed by atoms with E-state index in [2.05, 4.69) is 16.7 Å². The number of amides is 1. The van der Waals surface area contributed by atoms with E-state index in [0.717, 1.165) is 31.6 Å². The van der Waals surface area contributed by atoms with Gasteiger partial charge in [0, 0.05) is 12.2 Å². The summed E-state index contributed by atoms with van der Waals surface area (Å²) in [6.45, 7) is 5.93. The first-order chi connectivity index (χ1) is 8.15. The van der Waals surface area contributed by atoms with E-state index in [1.807, 2.05) is 26.0 Å². The first kappa shape index (κ1) is 15.0. The zero-order valence-electron chi connectivity index (χ0n) is 11.0. The van der Waals surface area contributed by atoms with Gasteiger partial charge in [-0.25, -0.2) is 0 Å². The number of nitrogens with one attached hydrogen (secondary N) is 2. The van der Waals surface area contributed by atoms with Crippen molar-refractivity contribution in [1.29, 1.82) is 0 Å². The molecule has 2 rings (SSSR count). The fourth-order valence-corrected chi connectivity index (χ4v) is 2.37. The molecule has 0 spiro atoms. The van der Waals surface area contributed by atoms with Gasteiger partial charge < -0.3 is 10.6 Å². The first-order valence-corrected chi connectivity index (χ1v) is 6.25. The van der Waals surface area contributed by atoms with Gasteiger partial charge in [-0.2, -0.15) is 0 Å². The van der Waals surface area contributed by atoms with Crippen LogP contribution < -0.4 is 10.6 Å². The molecule has 0 bridgehead atoms. The van der Waals surface area contributed by atoms with Crippen molar-refractivity contribution in [3.63, 3.8) is 0 Å². The molecule has 0 aromatic heterocycles. The van der Waals surface area contributed by atoms with Crippen LogP contribution in [0.15, 0.2) is 18.2 Å². The Kier molecular flexibility index (Phi) is 5.63. The van der Waals surface area contributed by atoms with Crippen LogP contribution in [0.3, 0.4) is 0 Å². The van der Waals surface area contributed by atoms with Crippen molar-refractivity contribution < 1.29 is 4.79 Å². The highest BCUT2D eigenvalue weighted by molar-refractivity contribution is 5.92. The van der Waals surface area contributed by atoms with E-state index in [4.69, 9.17) is 0 Å². The number of rotatable bonds is 2. The van der Waals surface area contributed by atoms with Gasteiger partial charge in [0.1, 0.15) is 0 Å². The van der Waals surface area contributed by atoms with E-state index in [9.17, 15) is 4.79 Å². The van der Waals surface area contributed by atoms with E-state index in [-0.39, 0.29) is 24.2 Å². The second-order valence-corrected chi connectivity index (χ2v) is 4.91. The van der Waals surface area contributed by atoms with Crippen molar-refractivity contribution in [3.05, 3.63) is 29.3 Å². The van der Waals surface area contributed by atoms with Crippen LogP contribution in [0.1, 0.15) is 24.0 Å². The summed E-state index contributed by atoms with van der Waals surface area (Å²) in [4.78, 5) is 12.0. The summed E-state index contributed by atoms with van der Waals surface area (Å²) in [5.74, 6) is 0.256. The third kappa shape index (κ3) is 4.00. The van der Waals surface area contributed by atoms with E-state index in [1.54, 1.807) is 0 Å². The predicted octanol–water partition coefficient (Wildman–Crippen LogP) is 2.66. The topological polar surface area (TPSA) is 41.1 Å². The van der Waals surface area contributed by atoms with Crippen molar-refractivity contribution in [2.24, 2.45) is 5.92 Å². The molecule has 1 aromatic rings. The van der Waals surface area contributed by atoms with Crippen LogP contribution in [0.25, 0.3) is 0 Å². The highest BCUT2D eigenvalue weighted by Gasteiger charge is 2.20. The largest absolute Gasteiger partial charge is 0.326 e. The molecule has 1 heterocycles. The van der Waals surface area contributed by atoms with E-state index in [1.165, 1.54) is 11.1 Å². The lowest BCUT2D eigenvalue weighted by atomic mass is 9.98. The average molecular weight is 269 g/mol. The van der Waals surface area contributed by atoms with Gasteiger partial charge in [0.25, 0.3) is 0 Å². The minimum Gasteiger partial charge on any atom is -0.326 e. The Labute approximate surface area is 115 Å². The molecule has 1 aliphatic rings. The third-order valence-electron chi connectivity index (χ3n) is 3.16. The predicted molar refractivity (Wildman–Crippen MR) is 77.4 cm³/mol. The van der Waals surface area contributed by atoms with Crippen molar-refractivity contribution in [2.75, 3.05) is 18.4 Å². The van der Waals surface area contributed by atoms with Crippen LogP contribution in [0.4, 0.5) is 5.69 Å². The molecule has 18 heavy (non-hydrogen) atoms. The number of halogens is 1. The molecule has 1 aromatic carbocycles. The molecule has 1 amide bonds. The maximum Gasteiger partial charge on any atom is 0.228 e. The number of carbonyl (C=O) groups excluding carboxylic acids is 1. The smallest absolute Gasteiger partial charge is 0.228 e. The molecule has 1 saturated heterocycles. The first-order valence-electron chi connectivity index (χ1n) is 6.25. The number of benzene rings is 1. The Hall–Kier alpha value is -1.06. The lowest BCUT2D eigenvalue weighted by Gasteiger charge is -2.22. The third-order valence-corrected chi connectivity index (χ3v) is 3.16. The average Bonchev–Trinajstić information content (AvgIpc) is 2.28.